The molecule has 0 spiro atoms. The zero-order valence-corrected chi connectivity index (χ0v) is 16.3. The van der Waals surface area contributed by atoms with Crippen LogP contribution in [0.5, 0.6) is 0 Å². The fourth-order valence-corrected chi connectivity index (χ4v) is 4.41. The van der Waals surface area contributed by atoms with E-state index in [4.69, 9.17) is 0 Å². The third kappa shape index (κ3) is 3.62. The van der Waals surface area contributed by atoms with Crippen molar-refractivity contribution in [2.75, 3.05) is 25.0 Å². The Bertz CT molecular complexity index is 977. The van der Waals surface area contributed by atoms with E-state index in [0.29, 0.717) is 36.6 Å². The minimum atomic E-state index is -0.362. The second kappa shape index (κ2) is 7.67. The number of hydrogen-bond donors (Lipinski definition) is 0. The molecule has 144 valence electrons. The van der Waals surface area contributed by atoms with Crippen molar-refractivity contribution in [2.24, 2.45) is 5.92 Å². The molecule has 5 nitrogen and oxygen atoms in total. The van der Waals surface area contributed by atoms with Gasteiger partial charge >= 0.3 is 0 Å². The maximum absolute atomic E-state index is 13.0. The number of anilines is 1. The molecule has 0 aliphatic carbocycles. The van der Waals surface area contributed by atoms with E-state index in [1.165, 1.54) is 35.6 Å². The van der Waals surface area contributed by atoms with Gasteiger partial charge in [-0.1, -0.05) is 23.5 Å². The molecule has 1 saturated heterocycles. The average Bonchev–Trinajstić information content (AvgIpc) is 3.17. The minimum Gasteiger partial charge on any atom is -0.339 e. The van der Waals surface area contributed by atoms with Crippen LogP contribution in [0.2, 0.25) is 0 Å². The number of benzene rings is 2. The molecule has 0 radical (unpaired) electrons. The van der Waals surface area contributed by atoms with Gasteiger partial charge in [0.15, 0.2) is 5.13 Å². The van der Waals surface area contributed by atoms with E-state index in [-0.39, 0.29) is 23.5 Å². The largest absolute Gasteiger partial charge is 0.339 e. The second-order valence-corrected chi connectivity index (χ2v) is 7.94. The number of halogens is 1. The Labute approximate surface area is 166 Å². The molecule has 0 saturated carbocycles. The van der Waals surface area contributed by atoms with E-state index in [1.54, 1.807) is 16.8 Å². The first-order chi connectivity index (χ1) is 13.5. The Balaban J connectivity index is 1.39. The number of piperidine rings is 1. The summed E-state index contributed by atoms with van der Waals surface area (Å²) in [5, 5.41) is 0.691. The molecule has 4 rings (SSSR count). The number of likely N-dealkylation sites (tertiary alicyclic amines) is 1. The number of carbonyl (C=O) groups is 2. The van der Waals surface area contributed by atoms with Crippen LogP contribution in [-0.4, -0.2) is 41.8 Å². The van der Waals surface area contributed by atoms with Crippen molar-refractivity contribution in [2.45, 2.75) is 12.8 Å². The molecule has 0 unspecified atom stereocenters. The number of rotatable bonds is 3. The second-order valence-electron chi connectivity index (χ2n) is 6.93. The van der Waals surface area contributed by atoms with Crippen molar-refractivity contribution < 1.29 is 14.0 Å². The predicted molar refractivity (Wildman–Crippen MR) is 108 cm³/mol. The molecule has 3 aromatic rings. The van der Waals surface area contributed by atoms with Gasteiger partial charge in [-0.2, -0.15) is 0 Å². The van der Waals surface area contributed by atoms with Gasteiger partial charge in [-0.25, -0.2) is 9.37 Å². The number of carbonyl (C=O) groups excluding carboxylic acids is 2. The molecule has 1 aliphatic rings. The lowest BCUT2D eigenvalue weighted by Gasteiger charge is -2.32. The van der Waals surface area contributed by atoms with Crippen molar-refractivity contribution in [3.05, 3.63) is 59.9 Å². The molecule has 2 amide bonds. The highest BCUT2D eigenvalue weighted by Crippen LogP contribution is 2.30. The first kappa shape index (κ1) is 18.6. The summed E-state index contributed by atoms with van der Waals surface area (Å²) < 4.78 is 14.1. The highest BCUT2D eigenvalue weighted by atomic mass is 32.1. The lowest BCUT2D eigenvalue weighted by molar-refractivity contribution is -0.123. The number of hydrogen-bond acceptors (Lipinski definition) is 4. The maximum Gasteiger partial charge on any atom is 0.253 e. The van der Waals surface area contributed by atoms with Gasteiger partial charge in [-0.3, -0.25) is 14.5 Å². The molecule has 28 heavy (non-hydrogen) atoms. The Morgan fingerprint density at radius 1 is 1.11 bits per heavy atom. The molecule has 2 aromatic carbocycles. The zero-order valence-electron chi connectivity index (χ0n) is 15.5. The molecule has 1 aliphatic heterocycles. The number of aromatic nitrogens is 1. The monoisotopic (exact) mass is 397 g/mol. The lowest BCUT2D eigenvalue weighted by Crippen LogP contribution is -2.43. The first-order valence-electron chi connectivity index (χ1n) is 9.21. The Hall–Kier alpha value is -2.80. The fourth-order valence-electron chi connectivity index (χ4n) is 3.48. The van der Waals surface area contributed by atoms with Crippen LogP contribution >= 0.6 is 11.3 Å². The Morgan fingerprint density at radius 2 is 1.79 bits per heavy atom. The van der Waals surface area contributed by atoms with Crippen LogP contribution in [0.4, 0.5) is 9.52 Å². The van der Waals surface area contributed by atoms with E-state index in [9.17, 15) is 14.0 Å². The Morgan fingerprint density at radius 3 is 2.46 bits per heavy atom. The summed E-state index contributed by atoms with van der Waals surface area (Å²) in [6.07, 6.45) is 1.22. The number of para-hydroxylation sites is 1. The summed E-state index contributed by atoms with van der Waals surface area (Å²) in [7, 11) is 1.76. The van der Waals surface area contributed by atoms with Crippen LogP contribution in [0.15, 0.2) is 48.5 Å². The molecule has 2 heterocycles. The van der Waals surface area contributed by atoms with E-state index in [1.807, 2.05) is 24.3 Å². The van der Waals surface area contributed by atoms with Gasteiger partial charge in [0, 0.05) is 31.6 Å². The Kier molecular flexibility index (Phi) is 5.09. The van der Waals surface area contributed by atoms with Gasteiger partial charge in [0.1, 0.15) is 5.82 Å². The van der Waals surface area contributed by atoms with Gasteiger partial charge < -0.3 is 4.90 Å². The number of thiazole rings is 1. The molecular weight excluding hydrogens is 377 g/mol. The quantitative estimate of drug-likeness (QED) is 0.672. The minimum absolute atomic E-state index is 0.0351. The van der Waals surface area contributed by atoms with Crippen molar-refractivity contribution in [3.8, 4) is 0 Å². The smallest absolute Gasteiger partial charge is 0.253 e. The summed E-state index contributed by atoms with van der Waals surface area (Å²) in [4.78, 5) is 33.4. The van der Waals surface area contributed by atoms with E-state index in [2.05, 4.69) is 4.98 Å². The molecule has 0 N–H and O–H groups in total. The summed E-state index contributed by atoms with van der Waals surface area (Å²) >= 11 is 1.50. The number of amides is 2. The maximum atomic E-state index is 13.0. The van der Waals surface area contributed by atoms with Crippen LogP contribution < -0.4 is 4.90 Å². The van der Waals surface area contributed by atoms with E-state index >= 15 is 0 Å². The zero-order chi connectivity index (χ0) is 19.7. The van der Waals surface area contributed by atoms with Crippen molar-refractivity contribution in [3.63, 3.8) is 0 Å². The van der Waals surface area contributed by atoms with E-state index < -0.39 is 0 Å². The van der Waals surface area contributed by atoms with Crippen LogP contribution in [0.1, 0.15) is 23.2 Å². The van der Waals surface area contributed by atoms with Gasteiger partial charge in [-0.15, -0.1) is 0 Å². The van der Waals surface area contributed by atoms with Crippen LogP contribution in [0.3, 0.4) is 0 Å². The highest BCUT2D eigenvalue weighted by Gasteiger charge is 2.30. The topological polar surface area (TPSA) is 53.5 Å². The normalized spacial score (nSPS) is 15.0. The van der Waals surface area contributed by atoms with Crippen molar-refractivity contribution in [1.82, 2.24) is 9.88 Å². The number of fused-ring (bicyclic) bond motifs is 1. The SMILES string of the molecule is CN(C(=O)C1CCN(C(=O)c2ccc(F)cc2)CC1)c1nc2ccccc2s1. The molecule has 1 aromatic heterocycles. The first-order valence-corrected chi connectivity index (χ1v) is 10.0. The summed E-state index contributed by atoms with van der Waals surface area (Å²) in [5.74, 6) is -0.577. The van der Waals surface area contributed by atoms with Gasteiger partial charge in [0.05, 0.1) is 10.2 Å². The highest BCUT2D eigenvalue weighted by molar-refractivity contribution is 7.22. The third-order valence-electron chi connectivity index (χ3n) is 5.12. The summed E-state index contributed by atoms with van der Waals surface area (Å²) in [5.41, 5.74) is 1.36. The standard InChI is InChI=1S/C21H20FN3O2S/c1-24(21-23-17-4-2-3-5-18(17)28-21)19(26)15-10-12-25(13-11-15)20(27)14-6-8-16(22)9-7-14/h2-9,15H,10-13H2,1H3. The molecular formula is C21H20FN3O2S. The third-order valence-corrected chi connectivity index (χ3v) is 6.24. The van der Waals surface area contributed by atoms with Crippen molar-refractivity contribution in [1.29, 1.82) is 0 Å². The lowest BCUT2D eigenvalue weighted by atomic mass is 9.95. The van der Waals surface area contributed by atoms with Gasteiger partial charge in [0.25, 0.3) is 5.91 Å². The molecule has 1 fully saturated rings. The summed E-state index contributed by atoms with van der Waals surface area (Å²) in [6.45, 7) is 1.03. The molecule has 0 atom stereocenters. The summed E-state index contributed by atoms with van der Waals surface area (Å²) in [6, 6.07) is 13.4. The van der Waals surface area contributed by atoms with Gasteiger partial charge in [-0.05, 0) is 49.2 Å². The van der Waals surface area contributed by atoms with Gasteiger partial charge in [0.2, 0.25) is 5.91 Å². The average molecular weight is 397 g/mol. The van der Waals surface area contributed by atoms with Crippen molar-refractivity contribution >= 4 is 38.5 Å². The molecule has 0 bridgehead atoms. The molecule has 7 heteroatoms. The predicted octanol–water partition coefficient (Wildman–Crippen LogP) is 3.95. The van der Waals surface area contributed by atoms with Crippen LogP contribution in [-0.2, 0) is 4.79 Å². The van der Waals surface area contributed by atoms with Crippen LogP contribution in [0, 0.1) is 11.7 Å². The van der Waals surface area contributed by atoms with Crippen LogP contribution in [0.25, 0.3) is 10.2 Å². The van der Waals surface area contributed by atoms with E-state index in [0.717, 1.165) is 10.2 Å². The fraction of sp³-hybridized carbons (Fsp3) is 0.286. The number of nitrogens with zero attached hydrogens (tertiary/aromatic N) is 3.